The fraction of sp³-hybridized carbons (Fsp3) is 0.400. The monoisotopic (exact) mass is 285 g/mol. The van der Waals surface area contributed by atoms with Gasteiger partial charge in [0.2, 0.25) is 5.91 Å². The van der Waals surface area contributed by atoms with Gasteiger partial charge < -0.3 is 15.2 Å². The van der Waals surface area contributed by atoms with Crippen molar-refractivity contribution in [1.82, 2.24) is 20.1 Å². The number of para-hydroxylation sites is 1. The summed E-state index contributed by atoms with van der Waals surface area (Å²) in [5.41, 5.74) is 1.67. The van der Waals surface area contributed by atoms with Crippen molar-refractivity contribution < 1.29 is 4.79 Å². The first-order valence-electron chi connectivity index (χ1n) is 7.20. The third-order valence-electron chi connectivity index (χ3n) is 3.80. The molecule has 0 radical (unpaired) electrons. The largest absolute Gasteiger partial charge is 0.325 e. The van der Waals surface area contributed by atoms with Crippen LogP contribution in [0.4, 0.5) is 5.69 Å². The van der Waals surface area contributed by atoms with Gasteiger partial charge in [0.05, 0.1) is 11.6 Å². The van der Waals surface area contributed by atoms with E-state index in [0.717, 1.165) is 43.0 Å². The maximum atomic E-state index is 12.4. The van der Waals surface area contributed by atoms with E-state index in [2.05, 4.69) is 20.8 Å². The lowest BCUT2D eigenvalue weighted by Crippen LogP contribution is -2.37. The Kier molecular flexibility index (Phi) is 3.96. The van der Waals surface area contributed by atoms with Gasteiger partial charge in [0.15, 0.2) is 5.82 Å². The fourth-order valence-electron chi connectivity index (χ4n) is 2.62. The van der Waals surface area contributed by atoms with Crippen LogP contribution in [0.1, 0.15) is 12.8 Å². The van der Waals surface area contributed by atoms with Gasteiger partial charge in [0, 0.05) is 19.2 Å². The van der Waals surface area contributed by atoms with E-state index in [1.165, 1.54) is 0 Å². The van der Waals surface area contributed by atoms with E-state index in [9.17, 15) is 4.79 Å². The van der Waals surface area contributed by atoms with Crippen LogP contribution in [0.15, 0.2) is 30.6 Å². The van der Waals surface area contributed by atoms with Crippen LogP contribution in [0, 0.1) is 5.92 Å². The van der Waals surface area contributed by atoms with Crippen molar-refractivity contribution >= 4 is 11.6 Å². The fourth-order valence-corrected chi connectivity index (χ4v) is 2.62. The quantitative estimate of drug-likeness (QED) is 0.894. The Morgan fingerprint density at radius 2 is 2.29 bits per heavy atom. The van der Waals surface area contributed by atoms with E-state index in [4.69, 9.17) is 0 Å². The number of anilines is 1. The molecule has 0 spiro atoms. The van der Waals surface area contributed by atoms with Crippen molar-refractivity contribution in [3.05, 3.63) is 30.6 Å². The number of carbonyl (C=O) groups is 1. The van der Waals surface area contributed by atoms with Crippen LogP contribution in [0.2, 0.25) is 0 Å². The van der Waals surface area contributed by atoms with Gasteiger partial charge >= 0.3 is 0 Å². The molecule has 6 nitrogen and oxygen atoms in total. The number of hydrogen-bond acceptors (Lipinski definition) is 4. The summed E-state index contributed by atoms with van der Waals surface area (Å²) < 4.78 is 1.84. The zero-order chi connectivity index (χ0) is 14.7. The number of carbonyl (C=O) groups excluding carboxylic acids is 1. The molecule has 1 atom stereocenters. The molecular formula is C15H19N5O. The number of nitrogens with one attached hydrogen (secondary N) is 2. The van der Waals surface area contributed by atoms with Gasteiger partial charge in [-0.3, -0.25) is 4.79 Å². The molecule has 1 amide bonds. The molecule has 1 saturated heterocycles. The molecule has 1 fully saturated rings. The molecule has 0 unspecified atom stereocenters. The Bertz CT molecular complexity index is 630. The van der Waals surface area contributed by atoms with E-state index >= 15 is 0 Å². The Morgan fingerprint density at radius 3 is 3.00 bits per heavy atom. The van der Waals surface area contributed by atoms with E-state index < -0.39 is 0 Å². The van der Waals surface area contributed by atoms with Crippen LogP contribution in [-0.2, 0) is 11.8 Å². The minimum Gasteiger partial charge on any atom is -0.325 e. The molecule has 2 heterocycles. The van der Waals surface area contributed by atoms with Crippen LogP contribution in [0.5, 0.6) is 0 Å². The third-order valence-corrected chi connectivity index (χ3v) is 3.80. The standard InChI is InChI=1S/C15H19N5O/c1-20-10-17-19-14(20)12-6-2-3-7-13(12)18-15(21)11-5-4-8-16-9-11/h2-3,6-7,10-11,16H,4-5,8-9H2,1H3,(H,18,21)/t11-/m0/s1. The average molecular weight is 285 g/mol. The highest BCUT2D eigenvalue weighted by Crippen LogP contribution is 2.26. The smallest absolute Gasteiger partial charge is 0.228 e. The summed E-state index contributed by atoms with van der Waals surface area (Å²) in [6.07, 6.45) is 3.63. The molecule has 3 rings (SSSR count). The van der Waals surface area contributed by atoms with E-state index in [1.54, 1.807) is 6.33 Å². The van der Waals surface area contributed by atoms with Gasteiger partial charge in [-0.15, -0.1) is 10.2 Å². The van der Waals surface area contributed by atoms with Gasteiger partial charge in [0.1, 0.15) is 6.33 Å². The molecule has 1 aromatic carbocycles. The maximum Gasteiger partial charge on any atom is 0.228 e. The van der Waals surface area contributed by atoms with Crippen molar-refractivity contribution in [2.24, 2.45) is 13.0 Å². The highest BCUT2D eigenvalue weighted by molar-refractivity contribution is 5.96. The van der Waals surface area contributed by atoms with Gasteiger partial charge in [-0.05, 0) is 31.5 Å². The second-order valence-corrected chi connectivity index (χ2v) is 5.34. The molecule has 0 aliphatic carbocycles. The van der Waals surface area contributed by atoms with Crippen LogP contribution in [0.25, 0.3) is 11.4 Å². The van der Waals surface area contributed by atoms with Crippen LogP contribution in [-0.4, -0.2) is 33.8 Å². The predicted molar refractivity (Wildman–Crippen MR) is 80.7 cm³/mol. The number of amides is 1. The maximum absolute atomic E-state index is 12.4. The Labute approximate surface area is 123 Å². The third kappa shape index (κ3) is 2.95. The number of hydrogen-bond donors (Lipinski definition) is 2. The van der Waals surface area contributed by atoms with Crippen molar-refractivity contribution in [3.8, 4) is 11.4 Å². The molecule has 1 aliphatic heterocycles. The highest BCUT2D eigenvalue weighted by Gasteiger charge is 2.22. The molecule has 6 heteroatoms. The predicted octanol–water partition coefficient (Wildman–Crippen LogP) is 1.42. The second-order valence-electron chi connectivity index (χ2n) is 5.34. The second kappa shape index (κ2) is 6.05. The average Bonchev–Trinajstić information content (AvgIpc) is 2.95. The zero-order valence-electron chi connectivity index (χ0n) is 12.0. The lowest BCUT2D eigenvalue weighted by molar-refractivity contribution is -0.120. The number of piperidine rings is 1. The first kappa shape index (κ1) is 13.8. The topological polar surface area (TPSA) is 71.8 Å². The normalized spacial score (nSPS) is 18.4. The van der Waals surface area contributed by atoms with E-state index in [0.29, 0.717) is 0 Å². The number of aryl methyl sites for hydroxylation is 1. The molecule has 2 aromatic rings. The van der Waals surface area contributed by atoms with Crippen LogP contribution >= 0.6 is 0 Å². The number of benzene rings is 1. The summed E-state index contributed by atoms with van der Waals surface area (Å²) in [4.78, 5) is 12.4. The molecule has 1 aliphatic rings. The minimum absolute atomic E-state index is 0.0336. The summed E-state index contributed by atoms with van der Waals surface area (Å²) in [7, 11) is 1.89. The molecule has 110 valence electrons. The molecule has 0 saturated carbocycles. The van der Waals surface area contributed by atoms with Crippen molar-refractivity contribution in [3.63, 3.8) is 0 Å². The van der Waals surface area contributed by atoms with Gasteiger partial charge in [-0.1, -0.05) is 12.1 Å². The molecule has 0 bridgehead atoms. The summed E-state index contributed by atoms with van der Waals surface area (Å²) in [5.74, 6) is 0.843. The minimum atomic E-state index is 0.0336. The van der Waals surface area contributed by atoms with Crippen molar-refractivity contribution in [1.29, 1.82) is 0 Å². The Morgan fingerprint density at radius 1 is 1.43 bits per heavy atom. The molecule has 2 N–H and O–H groups in total. The lowest BCUT2D eigenvalue weighted by atomic mass is 9.98. The number of aromatic nitrogens is 3. The SMILES string of the molecule is Cn1cnnc1-c1ccccc1NC(=O)[C@H]1CCCNC1. The van der Waals surface area contributed by atoms with Gasteiger partial charge in [-0.25, -0.2) is 0 Å². The van der Waals surface area contributed by atoms with Crippen molar-refractivity contribution in [2.45, 2.75) is 12.8 Å². The number of rotatable bonds is 3. The van der Waals surface area contributed by atoms with Crippen molar-refractivity contribution in [2.75, 3.05) is 18.4 Å². The number of nitrogens with zero attached hydrogens (tertiary/aromatic N) is 3. The summed E-state index contributed by atoms with van der Waals surface area (Å²) in [6.45, 7) is 1.75. The zero-order valence-corrected chi connectivity index (χ0v) is 12.0. The van der Waals surface area contributed by atoms with E-state index in [-0.39, 0.29) is 11.8 Å². The molecule has 1 aromatic heterocycles. The van der Waals surface area contributed by atoms with E-state index in [1.807, 2.05) is 35.9 Å². The Hall–Kier alpha value is -2.21. The summed E-state index contributed by atoms with van der Waals surface area (Å²) in [6, 6.07) is 7.69. The highest BCUT2D eigenvalue weighted by atomic mass is 16.1. The first-order chi connectivity index (χ1) is 10.3. The summed E-state index contributed by atoms with van der Waals surface area (Å²) in [5, 5.41) is 14.3. The first-order valence-corrected chi connectivity index (χ1v) is 7.20. The van der Waals surface area contributed by atoms with Crippen LogP contribution in [0.3, 0.4) is 0 Å². The van der Waals surface area contributed by atoms with Gasteiger partial charge in [-0.2, -0.15) is 0 Å². The molecule has 21 heavy (non-hydrogen) atoms. The summed E-state index contributed by atoms with van der Waals surface area (Å²) >= 11 is 0. The van der Waals surface area contributed by atoms with Gasteiger partial charge in [0.25, 0.3) is 0 Å². The molecular weight excluding hydrogens is 266 g/mol. The lowest BCUT2D eigenvalue weighted by Gasteiger charge is -2.22. The van der Waals surface area contributed by atoms with Crippen LogP contribution < -0.4 is 10.6 Å². The Balaban J connectivity index is 1.82.